The van der Waals surface area contributed by atoms with Crippen molar-refractivity contribution >= 4 is 23.0 Å². The van der Waals surface area contributed by atoms with Crippen LogP contribution in [0.25, 0.3) is 11.0 Å². The van der Waals surface area contributed by atoms with Gasteiger partial charge >= 0.3 is 11.9 Å². The van der Waals surface area contributed by atoms with Crippen molar-refractivity contribution in [2.75, 3.05) is 6.61 Å². The summed E-state index contributed by atoms with van der Waals surface area (Å²) >= 11 is 0. The van der Waals surface area contributed by atoms with Gasteiger partial charge in [0.25, 0.3) is 5.56 Å². The summed E-state index contributed by atoms with van der Waals surface area (Å²) in [7, 11) is 1.51. The highest BCUT2D eigenvalue weighted by molar-refractivity contribution is 6.01. The fourth-order valence-electron chi connectivity index (χ4n) is 4.04. The zero-order chi connectivity index (χ0) is 25.8. The molecule has 7 nitrogen and oxygen atoms in total. The van der Waals surface area contributed by atoms with Gasteiger partial charge in [0.2, 0.25) is 0 Å². The van der Waals surface area contributed by atoms with Crippen molar-refractivity contribution in [2.24, 2.45) is 7.05 Å². The van der Waals surface area contributed by atoms with E-state index in [1.807, 2.05) is 6.92 Å². The van der Waals surface area contributed by atoms with Crippen molar-refractivity contribution in [1.82, 2.24) is 9.55 Å². The third kappa shape index (κ3) is 4.88. The maximum absolute atomic E-state index is 13.7. The molecule has 36 heavy (non-hydrogen) atoms. The first kappa shape index (κ1) is 24.8. The van der Waals surface area contributed by atoms with Gasteiger partial charge in [-0.1, -0.05) is 31.2 Å². The molecule has 2 aromatic carbocycles. The smallest absolute Gasteiger partial charge is 0.347 e. The SMILES string of the molecule is CCOC(=O)c1c(OC(=O)c2ccccc2)c2ncc(Cc3ccc(F)cc3CC)cc2n(C)c1=O. The van der Waals surface area contributed by atoms with E-state index >= 15 is 0 Å². The van der Waals surface area contributed by atoms with Crippen LogP contribution in [0.15, 0.2) is 65.6 Å². The zero-order valence-corrected chi connectivity index (χ0v) is 20.2. The van der Waals surface area contributed by atoms with Gasteiger partial charge in [0.05, 0.1) is 17.7 Å². The highest BCUT2D eigenvalue weighted by Gasteiger charge is 2.27. The van der Waals surface area contributed by atoms with Crippen molar-refractivity contribution in [1.29, 1.82) is 0 Å². The molecular weight excluding hydrogens is 463 g/mol. The molecule has 0 fully saturated rings. The molecule has 0 aliphatic carbocycles. The Morgan fingerprint density at radius 1 is 1.00 bits per heavy atom. The summed E-state index contributed by atoms with van der Waals surface area (Å²) in [5.41, 5.74) is 2.30. The molecule has 8 heteroatoms. The summed E-state index contributed by atoms with van der Waals surface area (Å²) in [4.78, 5) is 43.3. The Morgan fingerprint density at radius 2 is 1.75 bits per heavy atom. The summed E-state index contributed by atoms with van der Waals surface area (Å²) in [6, 6.07) is 14.6. The van der Waals surface area contributed by atoms with Crippen LogP contribution < -0.4 is 10.3 Å². The van der Waals surface area contributed by atoms with Crippen LogP contribution in [0.4, 0.5) is 4.39 Å². The number of hydrogen-bond donors (Lipinski definition) is 0. The zero-order valence-electron chi connectivity index (χ0n) is 20.2. The number of benzene rings is 2. The maximum Gasteiger partial charge on any atom is 0.347 e. The van der Waals surface area contributed by atoms with Gasteiger partial charge in [0.1, 0.15) is 11.3 Å². The first-order valence-corrected chi connectivity index (χ1v) is 11.6. The number of rotatable bonds is 7. The van der Waals surface area contributed by atoms with Gasteiger partial charge in [0.15, 0.2) is 11.3 Å². The summed E-state index contributed by atoms with van der Waals surface area (Å²) < 4.78 is 25.6. The molecule has 0 spiro atoms. The first-order valence-electron chi connectivity index (χ1n) is 11.6. The van der Waals surface area contributed by atoms with E-state index in [1.165, 1.54) is 23.7 Å². The van der Waals surface area contributed by atoms with Crippen molar-refractivity contribution in [3.8, 4) is 5.75 Å². The lowest BCUT2D eigenvalue weighted by Gasteiger charge is -2.15. The molecule has 4 aromatic rings. The van der Waals surface area contributed by atoms with Crippen LogP contribution in [0.2, 0.25) is 0 Å². The lowest BCUT2D eigenvalue weighted by atomic mass is 9.98. The van der Waals surface area contributed by atoms with Crippen LogP contribution in [0.3, 0.4) is 0 Å². The minimum absolute atomic E-state index is 0.0376. The largest absolute Gasteiger partial charge is 0.462 e. The molecule has 2 heterocycles. The number of aromatic nitrogens is 2. The van der Waals surface area contributed by atoms with E-state index in [9.17, 15) is 18.8 Å². The van der Waals surface area contributed by atoms with E-state index in [0.29, 0.717) is 18.4 Å². The predicted octanol–water partition coefficient (Wildman–Crippen LogP) is 4.62. The number of halogens is 1. The Morgan fingerprint density at radius 3 is 2.44 bits per heavy atom. The number of fused-ring (bicyclic) bond motifs is 1. The second kappa shape index (κ2) is 10.5. The van der Waals surface area contributed by atoms with Gasteiger partial charge < -0.3 is 14.0 Å². The van der Waals surface area contributed by atoms with Crippen molar-refractivity contribution in [3.05, 3.63) is 105 Å². The van der Waals surface area contributed by atoms with Gasteiger partial charge in [-0.05, 0) is 66.8 Å². The van der Waals surface area contributed by atoms with Crippen molar-refractivity contribution in [3.63, 3.8) is 0 Å². The van der Waals surface area contributed by atoms with E-state index in [-0.39, 0.29) is 29.3 Å². The highest BCUT2D eigenvalue weighted by atomic mass is 19.1. The molecular formula is C28H25FN2O5. The fourth-order valence-corrected chi connectivity index (χ4v) is 4.04. The van der Waals surface area contributed by atoms with Crippen LogP contribution in [0, 0.1) is 5.82 Å². The summed E-state index contributed by atoms with van der Waals surface area (Å²) in [5.74, 6) is -2.19. The number of ether oxygens (including phenoxy) is 2. The minimum atomic E-state index is -0.902. The molecule has 0 aliphatic rings. The second-order valence-corrected chi connectivity index (χ2v) is 8.20. The molecule has 2 aromatic heterocycles. The highest BCUT2D eigenvalue weighted by Crippen LogP contribution is 2.29. The van der Waals surface area contributed by atoms with Gasteiger partial charge in [-0.2, -0.15) is 0 Å². The number of carbonyl (C=O) groups excluding carboxylic acids is 2. The molecule has 0 bridgehead atoms. The standard InChI is InChI=1S/C28H25FN2O5/c1-4-18-15-21(29)12-11-20(18)13-17-14-22-24(30-16-17)25(36-27(33)19-9-7-6-8-10-19)23(26(32)31(22)3)28(34)35-5-2/h6-12,14-16H,4-5,13H2,1-3H3. The molecule has 0 radical (unpaired) electrons. The van der Waals surface area contributed by atoms with Crippen molar-refractivity contribution in [2.45, 2.75) is 26.7 Å². The van der Waals surface area contributed by atoms with E-state index in [1.54, 1.807) is 55.6 Å². The van der Waals surface area contributed by atoms with E-state index in [4.69, 9.17) is 9.47 Å². The molecule has 0 amide bonds. The molecule has 0 saturated carbocycles. The van der Waals surface area contributed by atoms with Crippen molar-refractivity contribution < 1.29 is 23.5 Å². The normalized spacial score (nSPS) is 10.9. The number of pyridine rings is 2. The molecule has 0 atom stereocenters. The van der Waals surface area contributed by atoms with E-state index < -0.39 is 23.1 Å². The Balaban J connectivity index is 1.86. The summed E-state index contributed by atoms with van der Waals surface area (Å²) in [6.07, 6.45) is 2.71. The van der Waals surface area contributed by atoms with Gasteiger partial charge in [-0.15, -0.1) is 0 Å². The summed E-state index contributed by atoms with van der Waals surface area (Å²) in [5, 5.41) is 0. The molecule has 0 unspecified atom stereocenters. The predicted molar refractivity (Wildman–Crippen MR) is 133 cm³/mol. The van der Waals surface area contributed by atoms with E-state index in [2.05, 4.69) is 4.98 Å². The third-order valence-corrected chi connectivity index (χ3v) is 5.87. The number of carbonyl (C=O) groups is 2. The monoisotopic (exact) mass is 488 g/mol. The van der Waals surface area contributed by atoms with Crippen LogP contribution in [0.5, 0.6) is 5.75 Å². The lowest BCUT2D eigenvalue weighted by Crippen LogP contribution is -2.28. The first-order chi connectivity index (χ1) is 17.3. The molecule has 0 N–H and O–H groups in total. The van der Waals surface area contributed by atoms with Crippen LogP contribution in [-0.2, 0) is 24.6 Å². The topological polar surface area (TPSA) is 87.5 Å². The Bertz CT molecular complexity index is 1510. The Kier molecular flexibility index (Phi) is 7.24. The minimum Gasteiger partial charge on any atom is -0.462 e. The number of aryl methyl sites for hydroxylation is 2. The van der Waals surface area contributed by atoms with Crippen LogP contribution >= 0.6 is 0 Å². The number of hydrogen-bond acceptors (Lipinski definition) is 6. The van der Waals surface area contributed by atoms with Gasteiger partial charge in [0, 0.05) is 13.2 Å². The van der Waals surface area contributed by atoms with Crippen LogP contribution in [-0.4, -0.2) is 28.1 Å². The van der Waals surface area contributed by atoms with E-state index in [0.717, 1.165) is 16.7 Å². The molecule has 184 valence electrons. The van der Waals surface area contributed by atoms with Gasteiger partial charge in [-0.3, -0.25) is 9.78 Å². The average Bonchev–Trinajstić information content (AvgIpc) is 2.88. The summed E-state index contributed by atoms with van der Waals surface area (Å²) in [6.45, 7) is 3.60. The molecule has 0 aliphatic heterocycles. The number of esters is 2. The van der Waals surface area contributed by atoms with Crippen LogP contribution in [0.1, 0.15) is 51.3 Å². The third-order valence-electron chi connectivity index (χ3n) is 5.87. The second-order valence-electron chi connectivity index (χ2n) is 8.20. The fraction of sp³-hybridized carbons (Fsp3) is 0.214. The lowest BCUT2D eigenvalue weighted by molar-refractivity contribution is 0.0518. The van der Waals surface area contributed by atoms with Gasteiger partial charge in [-0.25, -0.2) is 14.0 Å². The molecule has 4 rings (SSSR count). The maximum atomic E-state index is 13.7. The molecule has 0 saturated heterocycles. The Hall–Kier alpha value is -4.33. The average molecular weight is 489 g/mol. The Labute approximate surface area is 207 Å². The number of nitrogens with zero attached hydrogens (tertiary/aromatic N) is 2. The quantitative estimate of drug-likeness (QED) is 0.353.